The average molecular weight is 284 g/mol. The van der Waals surface area contributed by atoms with Crippen molar-refractivity contribution in [1.29, 1.82) is 0 Å². The molecule has 0 unspecified atom stereocenters. The molecule has 4 heteroatoms. The predicted octanol–water partition coefficient (Wildman–Crippen LogP) is 1.52. The van der Waals surface area contributed by atoms with E-state index in [1.807, 2.05) is 12.1 Å². The highest BCUT2D eigenvalue weighted by molar-refractivity contribution is 5.82. The molecule has 2 atom stereocenters. The fourth-order valence-electron chi connectivity index (χ4n) is 2.99. The van der Waals surface area contributed by atoms with E-state index in [0.29, 0.717) is 13.1 Å². The highest BCUT2D eigenvalue weighted by Gasteiger charge is 2.31. The van der Waals surface area contributed by atoms with Gasteiger partial charge >= 0.3 is 0 Å². The van der Waals surface area contributed by atoms with E-state index >= 15 is 0 Å². The lowest BCUT2D eigenvalue weighted by Crippen LogP contribution is -2.41. The minimum atomic E-state index is -0.491. The summed E-state index contributed by atoms with van der Waals surface area (Å²) in [6.45, 7) is 3.56. The Kier molecular flexibility index (Phi) is 3.90. The average Bonchev–Trinajstić information content (AvgIpc) is 2.78. The van der Waals surface area contributed by atoms with Crippen LogP contribution in [-0.2, 0) is 11.3 Å². The van der Waals surface area contributed by atoms with Gasteiger partial charge in [0.2, 0.25) is 5.91 Å². The van der Waals surface area contributed by atoms with Crippen molar-refractivity contribution in [3.05, 3.63) is 48.0 Å². The summed E-state index contributed by atoms with van der Waals surface area (Å²) in [5, 5.41) is 15.3. The first-order valence-electron chi connectivity index (χ1n) is 7.27. The number of benzene rings is 2. The van der Waals surface area contributed by atoms with Gasteiger partial charge in [0.15, 0.2) is 0 Å². The number of likely N-dealkylation sites (tertiary alicyclic amines) is 1. The monoisotopic (exact) mass is 284 g/mol. The first-order valence-corrected chi connectivity index (χ1v) is 7.27. The SMILES string of the molecule is CC(=O)N[C@@H]1CN(Cc2ccc3ccccc3c2)C[C@H]1O. The van der Waals surface area contributed by atoms with Crippen LogP contribution in [0, 0.1) is 0 Å². The fourth-order valence-corrected chi connectivity index (χ4v) is 2.99. The van der Waals surface area contributed by atoms with Crippen LogP contribution in [0.3, 0.4) is 0 Å². The largest absolute Gasteiger partial charge is 0.390 e. The summed E-state index contributed by atoms with van der Waals surface area (Å²) in [5.74, 6) is -0.0911. The molecule has 2 N–H and O–H groups in total. The molecule has 1 aliphatic heterocycles. The highest BCUT2D eigenvalue weighted by Crippen LogP contribution is 2.19. The van der Waals surface area contributed by atoms with Gasteiger partial charge < -0.3 is 10.4 Å². The van der Waals surface area contributed by atoms with Gasteiger partial charge in [0, 0.05) is 26.6 Å². The zero-order valence-electron chi connectivity index (χ0n) is 12.1. The lowest BCUT2D eigenvalue weighted by atomic mass is 10.1. The third-order valence-corrected chi connectivity index (χ3v) is 3.97. The molecule has 21 heavy (non-hydrogen) atoms. The smallest absolute Gasteiger partial charge is 0.217 e. The summed E-state index contributed by atoms with van der Waals surface area (Å²) in [5.41, 5.74) is 1.23. The molecule has 2 aromatic rings. The van der Waals surface area contributed by atoms with Crippen molar-refractivity contribution < 1.29 is 9.90 Å². The van der Waals surface area contributed by atoms with Gasteiger partial charge in [0.05, 0.1) is 12.1 Å². The summed E-state index contributed by atoms with van der Waals surface area (Å²) in [6.07, 6.45) is -0.491. The molecular weight excluding hydrogens is 264 g/mol. The number of aliphatic hydroxyl groups is 1. The zero-order valence-corrected chi connectivity index (χ0v) is 12.1. The molecule has 1 saturated heterocycles. The Bertz CT molecular complexity index is 656. The molecule has 1 aliphatic rings. The van der Waals surface area contributed by atoms with Crippen molar-refractivity contribution in [3.8, 4) is 0 Å². The number of carbonyl (C=O) groups excluding carboxylic acids is 1. The molecule has 0 bridgehead atoms. The van der Waals surface area contributed by atoms with Crippen LogP contribution < -0.4 is 5.32 Å². The lowest BCUT2D eigenvalue weighted by molar-refractivity contribution is -0.120. The van der Waals surface area contributed by atoms with Crippen LogP contribution in [0.4, 0.5) is 0 Å². The molecule has 2 aromatic carbocycles. The van der Waals surface area contributed by atoms with E-state index in [2.05, 4.69) is 40.5 Å². The molecule has 3 rings (SSSR count). The molecule has 1 fully saturated rings. The zero-order chi connectivity index (χ0) is 14.8. The number of hydrogen-bond donors (Lipinski definition) is 2. The maximum atomic E-state index is 11.1. The number of amides is 1. The van der Waals surface area contributed by atoms with Gasteiger partial charge in [-0.2, -0.15) is 0 Å². The van der Waals surface area contributed by atoms with Crippen LogP contribution >= 0.6 is 0 Å². The van der Waals surface area contributed by atoms with Crippen molar-refractivity contribution in [1.82, 2.24) is 10.2 Å². The Morgan fingerprint density at radius 3 is 2.76 bits per heavy atom. The Labute approximate surface area is 124 Å². The standard InChI is InChI=1S/C17H20N2O2/c1-12(20)18-16-10-19(11-17(16)21)9-13-6-7-14-4-2-3-5-15(14)8-13/h2-8,16-17,21H,9-11H2,1H3,(H,18,20)/t16-,17-/m1/s1. The number of β-amino-alcohol motifs (C(OH)–C–C–N with tert-alkyl or cyclic N) is 1. The normalized spacial score (nSPS) is 22.6. The van der Waals surface area contributed by atoms with Crippen molar-refractivity contribution >= 4 is 16.7 Å². The van der Waals surface area contributed by atoms with Gasteiger partial charge in [-0.05, 0) is 22.4 Å². The van der Waals surface area contributed by atoms with Gasteiger partial charge in [-0.3, -0.25) is 9.69 Å². The van der Waals surface area contributed by atoms with Crippen LogP contribution in [0.25, 0.3) is 10.8 Å². The Balaban J connectivity index is 1.69. The number of carbonyl (C=O) groups is 1. The van der Waals surface area contributed by atoms with E-state index in [-0.39, 0.29) is 11.9 Å². The summed E-state index contributed by atoms with van der Waals surface area (Å²) >= 11 is 0. The first kappa shape index (κ1) is 14.0. The number of hydrogen-bond acceptors (Lipinski definition) is 3. The molecule has 4 nitrogen and oxygen atoms in total. The number of aliphatic hydroxyl groups excluding tert-OH is 1. The van der Waals surface area contributed by atoms with Crippen molar-refractivity contribution in [2.75, 3.05) is 13.1 Å². The van der Waals surface area contributed by atoms with Gasteiger partial charge in [-0.1, -0.05) is 36.4 Å². The van der Waals surface area contributed by atoms with E-state index in [0.717, 1.165) is 6.54 Å². The number of nitrogens with zero attached hydrogens (tertiary/aromatic N) is 1. The van der Waals surface area contributed by atoms with E-state index in [1.165, 1.54) is 23.3 Å². The molecular formula is C17H20N2O2. The summed E-state index contributed by atoms with van der Waals surface area (Å²) in [6, 6.07) is 14.6. The molecule has 1 amide bonds. The molecule has 1 heterocycles. The molecule has 110 valence electrons. The second-order valence-corrected chi connectivity index (χ2v) is 5.75. The third-order valence-electron chi connectivity index (χ3n) is 3.97. The maximum absolute atomic E-state index is 11.1. The Morgan fingerprint density at radius 2 is 2.00 bits per heavy atom. The van der Waals surface area contributed by atoms with Crippen LogP contribution in [0.2, 0.25) is 0 Å². The minimum absolute atomic E-state index is 0.0911. The Hall–Kier alpha value is -1.91. The molecule has 0 spiro atoms. The Morgan fingerprint density at radius 1 is 1.24 bits per heavy atom. The van der Waals surface area contributed by atoms with Crippen molar-refractivity contribution in [3.63, 3.8) is 0 Å². The van der Waals surface area contributed by atoms with E-state index in [1.54, 1.807) is 0 Å². The third kappa shape index (κ3) is 3.23. The van der Waals surface area contributed by atoms with Crippen molar-refractivity contribution in [2.24, 2.45) is 0 Å². The lowest BCUT2D eigenvalue weighted by Gasteiger charge is -2.16. The van der Waals surface area contributed by atoms with E-state index in [9.17, 15) is 9.90 Å². The predicted molar refractivity (Wildman–Crippen MR) is 82.8 cm³/mol. The molecule has 0 aliphatic carbocycles. The van der Waals surface area contributed by atoms with E-state index < -0.39 is 6.10 Å². The minimum Gasteiger partial charge on any atom is -0.390 e. The van der Waals surface area contributed by atoms with Crippen LogP contribution in [0.1, 0.15) is 12.5 Å². The van der Waals surface area contributed by atoms with Gasteiger partial charge in [0.25, 0.3) is 0 Å². The molecule has 0 radical (unpaired) electrons. The van der Waals surface area contributed by atoms with Crippen molar-refractivity contribution in [2.45, 2.75) is 25.6 Å². The number of nitrogens with one attached hydrogen (secondary N) is 1. The van der Waals surface area contributed by atoms with Crippen LogP contribution in [0.5, 0.6) is 0 Å². The fraction of sp³-hybridized carbons (Fsp3) is 0.353. The second kappa shape index (κ2) is 5.84. The van der Waals surface area contributed by atoms with Gasteiger partial charge in [-0.15, -0.1) is 0 Å². The number of rotatable bonds is 3. The number of fused-ring (bicyclic) bond motifs is 1. The van der Waals surface area contributed by atoms with E-state index in [4.69, 9.17) is 0 Å². The van der Waals surface area contributed by atoms with Crippen LogP contribution in [0.15, 0.2) is 42.5 Å². The highest BCUT2D eigenvalue weighted by atomic mass is 16.3. The summed E-state index contributed by atoms with van der Waals surface area (Å²) in [7, 11) is 0. The van der Waals surface area contributed by atoms with Gasteiger partial charge in [-0.25, -0.2) is 0 Å². The van der Waals surface area contributed by atoms with Gasteiger partial charge in [0.1, 0.15) is 0 Å². The summed E-state index contributed by atoms with van der Waals surface area (Å²) < 4.78 is 0. The summed E-state index contributed by atoms with van der Waals surface area (Å²) in [4.78, 5) is 13.3. The topological polar surface area (TPSA) is 52.6 Å². The second-order valence-electron chi connectivity index (χ2n) is 5.75. The molecule has 0 saturated carbocycles. The maximum Gasteiger partial charge on any atom is 0.217 e. The molecule has 0 aromatic heterocycles. The van der Waals surface area contributed by atoms with Crippen LogP contribution in [-0.4, -0.2) is 41.1 Å². The first-order chi connectivity index (χ1) is 10.1. The quantitative estimate of drug-likeness (QED) is 0.898.